The van der Waals surface area contributed by atoms with E-state index < -0.39 is 30.0 Å². The molecule has 3 atom stereocenters. The lowest BCUT2D eigenvalue weighted by Crippen LogP contribution is -2.55. The molecule has 8 heteroatoms. The summed E-state index contributed by atoms with van der Waals surface area (Å²) in [6.07, 6.45) is 0.642. The Morgan fingerprint density at radius 2 is 1.91 bits per heavy atom. The first-order valence-corrected chi connectivity index (χ1v) is 11.6. The minimum Gasteiger partial charge on any atom is -0.491 e. The molecule has 0 spiro atoms. The van der Waals surface area contributed by atoms with Gasteiger partial charge in [0.15, 0.2) is 0 Å². The van der Waals surface area contributed by atoms with Crippen molar-refractivity contribution >= 4 is 17.8 Å². The molecule has 0 fully saturated rings. The number of hydrogen-bond acceptors (Lipinski definition) is 6. The first-order valence-electron chi connectivity index (χ1n) is 11.6. The predicted molar refractivity (Wildman–Crippen MR) is 129 cm³/mol. The van der Waals surface area contributed by atoms with E-state index in [0.29, 0.717) is 23.3 Å². The van der Waals surface area contributed by atoms with Crippen LogP contribution >= 0.6 is 0 Å². The number of hydrogen-bond donors (Lipinski definition) is 1. The van der Waals surface area contributed by atoms with Crippen LogP contribution < -0.4 is 10.1 Å². The van der Waals surface area contributed by atoms with Crippen LogP contribution in [0.1, 0.15) is 49.9 Å². The van der Waals surface area contributed by atoms with Gasteiger partial charge in [-0.25, -0.2) is 4.79 Å². The molecule has 184 valence electrons. The van der Waals surface area contributed by atoms with Crippen LogP contribution in [0.3, 0.4) is 0 Å². The predicted octanol–water partition coefficient (Wildman–Crippen LogP) is 3.16. The topological polar surface area (TPSA) is 109 Å². The van der Waals surface area contributed by atoms with E-state index in [9.17, 15) is 19.6 Å². The zero-order valence-electron chi connectivity index (χ0n) is 20.5. The van der Waals surface area contributed by atoms with Gasteiger partial charge in [0.2, 0.25) is 11.8 Å². The second-order valence-corrected chi connectivity index (χ2v) is 9.04. The zero-order chi connectivity index (χ0) is 25.5. The number of amides is 2. The Morgan fingerprint density at radius 1 is 1.20 bits per heavy atom. The first kappa shape index (κ1) is 25.8. The highest BCUT2D eigenvalue weighted by molar-refractivity contribution is 5.91. The van der Waals surface area contributed by atoms with Crippen LogP contribution in [0.25, 0.3) is 0 Å². The summed E-state index contributed by atoms with van der Waals surface area (Å²) in [5, 5.41) is 12.2. The van der Waals surface area contributed by atoms with Crippen LogP contribution in [0.2, 0.25) is 0 Å². The van der Waals surface area contributed by atoms with E-state index in [2.05, 4.69) is 11.4 Å². The zero-order valence-corrected chi connectivity index (χ0v) is 20.5. The summed E-state index contributed by atoms with van der Waals surface area (Å²) in [5.41, 5.74) is 1.98. The summed E-state index contributed by atoms with van der Waals surface area (Å²) in [6.45, 7) is 5.47. The smallest absolute Gasteiger partial charge is 0.328 e. The molecule has 0 bridgehead atoms. The van der Waals surface area contributed by atoms with Crippen molar-refractivity contribution in [3.05, 3.63) is 65.2 Å². The Kier molecular flexibility index (Phi) is 8.48. The standard InChI is InChI=1S/C27H31N3O5/c1-17(2)12-22(27(33)34-4)29-26(32)23(14-19-8-6-5-7-9-19)30(18(3)31)24-16-35-25-11-10-20(15-28)13-21(24)25/h5-11,13,17,22-24H,12,14,16H2,1-4H3,(H,29,32)/t22-,23-,24?/m0/s1. The molecular formula is C27H31N3O5. The van der Waals surface area contributed by atoms with Gasteiger partial charge < -0.3 is 19.7 Å². The van der Waals surface area contributed by atoms with Crippen LogP contribution in [-0.2, 0) is 25.5 Å². The minimum atomic E-state index is -0.917. The van der Waals surface area contributed by atoms with Gasteiger partial charge in [0.05, 0.1) is 24.8 Å². The number of ether oxygens (including phenoxy) is 2. The molecule has 1 heterocycles. The van der Waals surface area contributed by atoms with Gasteiger partial charge in [0.25, 0.3) is 0 Å². The number of nitrogens with zero attached hydrogens (tertiary/aromatic N) is 2. The van der Waals surface area contributed by atoms with E-state index >= 15 is 0 Å². The van der Waals surface area contributed by atoms with Crippen LogP contribution in [0.15, 0.2) is 48.5 Å². The van der Waals surface area contributed by atoms with Crippen molar-refractivity contribution in [2.75, 3.05) is 13.7 Å². The number of fused-ring (bicyclic) bond motifs is 1. The first-order chi connectivity index (χ1) is 16.7. The van der Waals surface area contributed by atoms with Gasteiger partial charge in [-0.3, -0.25) is 9.59 Å². The third-order valence-corrected chi connectivity index (χ3v) is 6.01. The number of carbonyl (C=O) groups is 3. The monoisotopic (exact) mass is 477 g/mol. The molecule has 8 nitrogen and oxygen atoms in total. The van der Waals surface area contributed by atoms with Gasteiger partial charge in [0, 0.05) is 18.9 Å². The van der Waals surface area contributed by atoms with E-state index in [-0.39, 0.29) is 24.9 Å². The Morgan fingerprint density at radius 3 is 2.51 bits per heavy atom. The number of carbonyl (C=O) groups excluding carboxylic acids is 3. The van der Waals surface area contributed by atoms with E-state index in [0.717, 1.165) is 5.56 Å². The largest absolute Gasteiger partial charge is 0.491 e. The molecule has 2 amide bonds. The number of rotatable bonds is 9. The summed E-state index contributed by atoms with van der Waals surface area (Å²) in [4.78, 5) is 40.6. The van der Waals surface area contributed by atoms with Crippen molar-refractivity contribution < 1.29 is 23.9 Å². The fraction of sp³-hybridized carbons (Fsp3) is 0.407. The lowest BCUT2D eigenvalue weighted by atomic mass is 9.97. The second-order valence-electron chi connectivity index (χ2n) is 9.04. The summed E-state index contributed by atoms with van der Waals surface area (Å²) in [7, 11) is 1.28. The summed E-state index contributed by atoms with van der Waals surface area (Å²) < 4.78 is 10.7. The van der Waals surface area contributed by atoms with E-state index in [1.165, 1.54) is 18.9 Å². The third-order valence-electron chi connectivity index (χ3n) is 6.01. The summed E-state index contributed by atoms with van der Waals surface area (Å²) in [6, 6.07) is 14.2. The molecule has 0 saturated carbocycles. The number of nitrogens with one attached hydrogen (secondary N) is 1. The molecule has 2 aromatic carbocycles. The average molecular weight is 478 g/mol. The van der Waals surface area contributed by atoms with Gasteiger partial charge >= 0.3 is 5.97 Å². The van der Waals surface area contributed by atoms with E-state index in [1.54, 1.807) is 18.2 Å². The Balaban J connectivity index is 2.00. The highest BCUT2D eigenvalue weighted by Gasteiger charge is 2.40. The Labute approximate surface area is 205 Å². The average Bonchev–Trinajstić information content (AvgIpc) is 3.25. The quantitative estimate of drug-likeness (QED) is 0.556. The molecule has 1 aliphatic heterocycles. The molecule has 1 N–H and O–H groups in total. The molecule has 0 saturated heterocycles. The van der Waals surface area contributed by atoms with Gasteiger partial charge in [-0.15, -0.1) is 0 Å². The van der Waals surface area contributed by atoms with Gasteiger partial charge in [0.1, 0.15) is 24.4 Å². The molecule has 0 aliphatic carbocycles. The maximum atomic E-state index is 13.7. The lowest BCUT2D eigenvalue weighted by molar-refractivity contribution is -0.148. The Hall–Kier alpha value is -3.86. The van der Waals surface area contributed by atoms with Crippen LogP contribution in [0.5, 0.6) is 5.75 Å². The Bertz CT molecular complexity index is 1110. The van der Waals surface area contributed by atoms with Crippen LogP contribution in [-0.4, -0.2) is 48.5 Å². The maximum Gasteiger partial charge on any atom is 0.328 e. The van der Waals surface area contributed by atoms with E-state index in [4.69, 9.17) is 9.47 Å². The number of methoxy groups -OCH3 is 1. The van der Waals surface area contributed by atoms with Gasteiger partial charge in [-0.1, -0.05) is 44.2 Å². The summed E-state index contributed by atoms with van der Waals surface area (Å²) >= 11 is 0. The summed E-state index contributed by atoms with van der Waals surface area (Å²) in [5.74, 6) is -0.594. The molecule has 0 radical (unpaired) electrons. The van der Waals surface area contributed by atoms with Crippen molar-refractivity contribution in [3.63, 3.8) is 0 Å². The molecule has 1 unspecified atom stereocenters. The van der Waals surface area contributed by atoms with Gasteiger partial charge in [-0.2, -0.15) is 5.26 Å². The highest BCUT2D eigenvalue weighted by atomic mass is 16.5. The van der Waals surface area contributed by atoms with Crippen molar-refractivity contribution in [1.29, 1.82) is 5.26 Å². The molecule has 3 rings (SSSR count). The second kappa shape index (κ2) is 11.5. The van der Waals surface area contributed by atoms with Gasteiger partial charge in [-0.05, 0) is 36.1 Å². The molecule has 35 heavy (non-hydrogen) atoms. The molecule has 0 aromatic heterocycles. The SMILES string of the molecule is COC(=O)[C@H](CC(C)C)NC(=O)[C@H](Cc1ccccc1)N(C(C)=O)C1COc2ccc(C#N)cc21. The van der Waals surface area contributed by atoms with Crippen molar-refractivity contribution in [1.82, 2.24) is 10.2 Å². The maximum absolute atomic E-state index is 13.7. The van der Waals surface area contributed by atoms with Crippen molar-refractivity contribution in [2.24, 2.45) is 5.92 Å². The molecule has 1 aliphatic rings. The molecule has 2 aromatic rings. The van der Waals surface area contributed by atoms with Crippen molar-refractivity contribution in [3.8, 4) is 11.8 Å². The fourth-order valence-electron chi connectivity index (χ4n) is 4.41. The lowest BCUT2D eigenvalue weighted by Gasteiger charge is -2.35. The third kappa shape index (κ3) is 6.18. The minimum absolute atomic E-state index is 0.135. The number of benzene rings is 2. The fourth-order valence-corrected chi connectivity index (χ4v) is 4.41. The van der Waals surface area contributed by atoms with E-state index in [1.807, 2.05) is 44.2 Å². The van der Waals surface area contributed by atoms with Crippen molar-refractivity contribution in [2.45, 2.75) is 51.7 Å². The normalized spacial score (nSPS) is 15.8. The highest BCUT2D eigenvalue weighted by Crippen LogP contribution is 2.38. The van der Waals surface area contributed by atoms with Crippen LogP contribution in [0, 0.1) is 17.2 Å². The van der Waals surface area contributed by atoms with Crippen LogP contribution in [0.4, 0.5) is 0 Å². The number of nitriles is 1. The molecular weight excluding hydrogens is 446 g/mol. The number of esters is 1.